The zero-order valence-electron chi connectivity index (χ0n) is 14.4. The van der Waals surface area contributed by atoms with Crippen molar-refractivity contribution in [2.45, 2.75) is 52.4 Å². The lowest BCUT2D eigenvalue weighted by molar-refractivity contribution is -0.127. The minimum Gasteiger partial charge on any atom is -0.350 e. The number of rotatable bonds is 5. The van der Waals surface area contributed by atoms with Gasteiger partial charge in [0.2, 0.25) is 5.91 Å². The summed E-state index contributed by atoms with van der Waals surface area (Å²) in [7, 11) is 0. The molecule has 134 valence electrons. The Kier molecular flexibility index (Phi) is 4.52. The summed E-state index contributed by atoms with van der Waals surface area (Å²) in [5.74, 6) is 0.386. The first-order valence-corrected chi connectivity index (χ1v) is 9.23. The van der Waals surface area contributed by atoms with Gasteiger partial charge in [0.25, 0.3) is 0 Å². The highest BCUT2D eigenvalue weighted by Gasteiger charge is 2.25. The standard InChI is InChI=1S/C17H23ClN6O/c1-11-16(18)15(21-20-11)10-23-5-6-24-14(9-23)7-13(22-24)8-19-17(25)12-3-2-4-12/h7,12H,2-6,8-10H2,1H3,(H,19,25)(H,20,21). The van der Waals surface area contributed by atoms with E-state index in [9.17, 15) is 4.79 Å². The first-order chi connectivity index (χ1) is 12.1. The van der Waals surface area contributed by atoms with Gasteiger partial charge >= 0.3 is 0 Å². The molecule has 0 aromatic carbocycles. The second kappa shape index (κ2) is 6.80. The number of aromatic amines is 1. The van der Waals surface area contributed by atoms with E-state index in [2.05, 4.69) is 31.6 Å². The van der Waals surface area contributed by atoms with E-state index in [1.54, 1.807) is 0 Å². The van der Waals surface area contributed by atoms with Gasteiger partial charge in [-0.05, 0) is 25.8 Å². The SMILES string of the molecule is Cc1[nH]nc(CN2CCn3nc(CNC(=O)C4CCC4)cc3C2)c1Cl. The third-order valence-electron chi connectivity index (χ3n) is 5.16. The van der Waals surface area contributed by atoms with Crippen molar-refractivity contribution in [1.82, 2.24) is 30.2 Å². The Hall–Kier alpha value is -1.86. The van der Waals surface area contributed by atoms with Crippen LogP contribution in [0.3, 0.4) is 0 Å². The maximum absolute atomic E-state index is 12.0. The molecule has 3 heterocycles. The maximum atomic E-state index is 12.0. The Labute approximate surface area is 151 Å². The Morgan fingerprint density at radius 1 is 1.44 bits per heavy atom. The molecule has 0 radical (unpaired) electrons. The molecular formula is C17H23ClN6O. The van der Waals surface area contributed by atoms with Gasteiger partial charge < -0.3 is 5.32 Å². The van der Waals surface area contributed by atoms with E-state index in [0.29, 0.717) is 6.54 Å². The number of halogens is 1. The molecule has 1 amide bonds. The number of hydrogen-bond donors (Lipinski definition) is 2. The number of aryl methyl sites for hydroxylation is 1. The lowest BCUT2D eigenvalue weighted by Gasteiger charge is -2.26. The maximum Gasteiger partial charge on any atom is 0.223 e. The van der Waals surface area contributed by atoms with Crippen LogP contribution in [0.4, 0.5) is 0 Å². The molecule has 2 N–H and O–H groups in total. The first kappa shape index (κ1) is 16.6. The summed E-state index contributed by atoms with van der Waals surface area (Å²) in [5, 5.41) is 15.6. The van der Waals surface area contributed by atoms with Crippen LogP contribution in [-0.4, -0.2) is 37.3 Å². The number of aromatic nitrogens is 4. The molecule has 0 saturated heterocycles. The van der Waals surface area contributed by atoms with E-state index in [-0.39, 0.29) is 11.8 Å². The molecule has 1 fully saturated rings. The van der Waals surface area contributed by atoms with Gasteiger partial charge in [-0.1, -0.05) is 18.0 Å². The van der Waals surface area contributed by atoms with Gasteiger partial charge in [0, 0.05) is 25.6 Å². The minimum atomic E-state index is 0.169. The third-order valence-corrected chi connectivity index (χ3v) is 5.66. The lowest BCUT2D eigenvalue weighted by Crippen LogP contribution is -2.34. The van der Waals surface area contributed by atoms with Crippen molar-refractivity contribution in [3.63, 3.8) is 0 Å². The summed E-state index contributed by atoms with van der Waals surface area (Å²) >= 11 is 6.27. The van der Waals surface area contributed by atoms with Crippen LogP contribution in [0.25, 0.3) is 0 Å². The van der Waals surface area contributed by atoms with Crippen molar-refractivity contribution in [2.75, 3.05) is 6.54 Å². The number of carbonyl (C=O) groups is 1. The summed E-state index contributed by atoms with van der Waals surface area (Å²) in [5.41, 5.74) is 3.89. The average Bonchev–Trinajstić information content (AvgIpc) is 3.09. The second-order valence-electron chi connectivity index (χ2n) is 7.02. The molecule has 2 aromatic heterocycles. The molecule has 0 unspecified atom stereocenters. The topological polar surface area (TPSA) is 78.8 Å². The quantitative estimate of drug-likeness (QED) is 0.852. The summed E-state index contributed by atoms with van der Waals surface area (Å²) in [6.07, 6.45) is 3.22. The van der Waals surface area contributed by atoms with Gasteiger partial charge in [-0.2, -0.15) is 10.2 Å². The first-order valence-electron chi connectivity index (χ1n) is 8.85. The van der Waals surface area contributed by atoms with Crippen molar-refractivity contribution in [1.29, 1.82) is 0 Å². The van der Waals surface area contributed by atoms with Crippen LogP contribution in [0.2, 0.25) is 5.02 Å². The van der Waals surface area contributed by atoms with Crippen molar-refractivity contribution < 1.29 is 4.79 Å². The monoisotopic (exact) mass is 362 g/mol. The zero-order chi connectivity index (χ0) is 17.4. The van der Waals surface area contributed by atoms with Crippen LogP contribution in [-0.2, 0) is 31.0 Å². The molecule has 1 saturated carbocycles. The van der Waals surface area contributed by atoms with E-state index in [0.717, 1.165) is 61.1 Å². The molecule has 0 spiro atoms. The predicted octanol–water partition coefficient (Wildman–Crippen LogP) is 2.00. The minimum absolute atomic E-state index is 0.169. The number of carbonyl (C=O) groups excluding carboxylic acids is 1. The molecule has 1 aliphatic heterocycles. The Morgan fingerprint density at radius 2 is 2.28 bits per heavy atom. The van der Waals surface area contributed by atoms with E-state index in [1.165, 1.54) is 12.1 Å². The Bertz CT molecular complexity index is 778. The summed E-state index contributed by atoms with van der Waals surface area (Å²) in [6, 6.07) is 2.09. The smallest absolute Gasteiger partial charge is 0.223 e. The highest BCUT2D eigenvalue weighted by molar-refractivity contribution is 6.31. The van der Waals surface area contributed by atoms with E-state index in [1.807, 2.05) is 11.6 Å². The third kappa shape index (κ3) is 3.43. The second-order valence-corrected chi connectivity index (χ2v) is 7.39. The van der Waals surface area contributed by atoms with E-state index < -0.39 is 0 Å². The molecule has 25 heavy (non-hydrogen) atoms. The largest absolute Gasteiger partial charge is 0.350 e. The van der Waals surface area contributed by atoms with Crippen LogP contribution in [0.15, 0.2) is 6.07 Å². The van der Waals surface area contributed by atoms with Crippen LogP contribution >= 0.6 is 11.6 Å². The number of amides is 1. The van der Waals surface area contributed by atoms with E-state index >= 15 is 0 Å². The number of fused-ring (bicyclic) bond motifs is 1. The Morgan fingerprint density at radius 3 is 2.96 bits per heavy atom. The van der Waals surface area contributed by atoms with Gasteiger partial charge in [-0.3, -0.25) is 19.5 Å². The van der Waals surface area contributed by atoms with E-state index in [4.69, 9.17) is 11.6 Å². The normalized spacial score (nSPS) is 18.0. The van der Waals surface area contributed by atoms with Crippen molar-refractivity contribution >= 4 is 17.5 Å². The molecule has 0 atom stereocenters. The van der Waals surface area contributed by atoms with Crippen LogP contribution in [0, 0.1) is 12.8 Å². The lowest BCUT2D eigenvalue weighted by atomic mass is 9.85. The highest BCUT2D eigenvalue weighted by Crippen LogP contribution is 2.26. The molecule has 2 aromatic rings. The fourth-order valence-corrected chi connectivity index (χ4v) is 3.52. The highest BCUT2D eigenvalue weighted by atomic mass is 35.5. The summed E-state index contributed by atoms with van der Waals surface area (Å²) in [4.78, 5) is 14.3. The van der Waals surface area contributed by atoms with Gasteiger partial charge in [0.1, 0.15) is 0 Å². The molecule has 1 aliphatic carbocycles. The van der Waals surface area contributed by atoms with Gasteiger partial charge in [0.05, 0.1) is 40.9 Å². The van der Waals surface area contributed by atoms with Crippen molar-refractivity contribution in [2.24, 2.45) is 5.92 Å². The summed E-state index contributed by atoms with van der Waals surface area (Å²) < 4.78 is 2.04. The summed E-state index contributed by atoms with van der Waals surface area (Å²) in [6.45, 7) is 5.72. The molecular weight excluding hydrogens is 340 g/mol. The molecule has 2 aliphatic rings. The average molecular weight is 363 g/mol. The number of H-pyrrole nitrogens is 1. The number of hydrogen-bond acceptors (Lipinski definition) is 4. The zero-order valence-corrected chi connectivity index (χ0v) is 15.1. The molecule has 8 heteroatoms. The Balaban J connectivity index is 1.35. The van der Waals surface area contributed by atoms with Gasteiger partial charge in [-0.15, -0.1) is 0 Å². The fourth-order valence-electron chi connectivity index (χ4n) is 3.38. The van der Waals surface area contributed by atoms with Gasteiger partial charge in [0.15, 0.2) is 0 Å². The molecule has 7 nitrogen and oxygen atoms in total. The van der Waals surface area contributed by atoms with Crippen LogP contribution < -0.4 is 5.32 Å². The predicted molar refractivity (Wildman–Crippen MR) is 93.9 cm³/mol. The van der Waals surface area contributed by atoms with Gasteiger partial charge in [-0.25, -0.2) is 0 Å². The molecule has 0 bridgehead atoms. The van der Waals surface area contributed by atoms with Crippen LogP contribution in [0.5, 0.6) is 0 Å². The van der Waals surface area contributed by atoms with Crippen LogP contribution in [0.1, 0.15) is 42.0 Å². The molecule has 4 rings (SSSR count). The number of nitrogens with one attached hydrogen (secondary N) is 2. The fraction of sp³-hybridized carbons (Fsp3) is 0.588. The van der Waals surface area contributed by atoms with Crippen molar-refractivity contribution in [3.8, 4) is 0 Å². The number of nitrogens with zero attached hydrogens (tertiary/aromatic N) is 4. The van der Waals surface area contributed by atoms with Crippen molar-refractivity contribution in [3.05, 3.63) is 33.9 Å².